The summed E-state index contributed by atoms with van der Waals surface area (Å²) in [4.78, 5) is 37.9. The van der Waals surface area contributed by atoms with Crippen molar-refractivity contribution >= 4 is 41.0 Å². The first-order chi connectivity index (χ1) is 17.6. The zero-order chi connectivity index (χ0) is 28.8. The molecule has 0 aromatic rings. The van der Waals surface area contributed by atoms with Gasteiger partial charge in [-0.25, -0.2) is 9.59 Å². The number of carbonyl (C=O) groups is 3. The van der Waals surface area contributed by atoms with Crippen LogP contribution in [0.2, 0.25) is 0 Å². The number of ketones is 1. The van der Waals surface area contributed by atoms with Crippen LogP contribution < -0.4 is 17.0 Å². The summed E-state index contributed by atoms with van der Waals surface area (Å²) in [7, 11) is 0. The molecule has 3 saturated heterocycles. The first kappa shape index (κ1) is 44.7. The average Bonchev–Trinajstić information content (AvgIpc) is 3.31. The van der Waals surface area contributed by atoms with Gasteiger partial charge < -0.3 is 58.1 Å². The number of hydrogen-bond donors (Lipinski definition) is 1. The molecule has 0 spiro atoms. The van der Waals surface area contributed by atoms with Gasteiger partial charge in [-0.2, -0.15) is 0 Å². The van der Waals surface area contributed by atoms with Crippen molar-refractivity contribution in [1.82, 2.24) is 9.80 Å². The van der Waals surface area contributed by atoms with E-state index in [4.69, 9.17) is 23.7 Å². The monoisotopic (exact) mass is 664 g/mol. The number of β-amino-alcohol motifs (C(OH)–C–C–N with tert-alkyl or cyclic N) is 1. The number of ether oxygens (including phenoxy) is 5. The van der Waals surface area contributed by atoms with Crippen molar-refractivity contribution in [2.24, 2.45) is 0 Å². The normalized spacial score (nSPS) is 21.6. The Morgan fingerprint density at radius 2 is 1.24 bits per heavy atom. The van der Waals surface area contributed by atoms with Gasteiger partial charge in [-0.15, -0.1) is 0 Å². The van der Waals surface area contributed by atoms with Crippen LogP contribution in [0.3, 0.4) is 0 Å². The number of carbonyl (C=O) groups excluding carboxylic acids is 3. The predicted molar refractivity (Wildman–Crippen MR) is 154 cm³/mol. The number of nitrogens with zero attached hydrogens (tertiary/aromatic N) is 2. The van der Waals surface area contributed by atoms with Gasteiger partial charge in [-0.05, 0) is 61.3 Å². The van der Waals surface area contributed by atoms with Crippen molar-refractivity contribution in [2.75, 3.05) is 65.8 Å². The number of rotatable bonds is 0. The Hall–Kier alpha value is -0.704. The molecule has 1 unspecified atom stereocenters. The Kier molecular flexibility index (Phi) is 23.9. The molecule has 238 valence electrons. The minimum Gasteiger partial charge on any atom is -1.00 e. The van der Waals surface area contributed by atoms with E-state index in [9.17, 15) is 19.5 Å². The van der Waals surface area contributed by atoms with E-state index in [1.165, 1.54) is 22.6 Å². The molecule has 3 aliphatic heterocycles. The third-order valence-electron chi connectivity index (χ3n) is 5.35. The van der Waals surface area contributed by atoms with Crippen LogP contribution in [0.5, 0.6) is 0 Å². The van der Waals surface area contributed by atoms with E-state index in [1.54, 1.807) is 27.7 Å². The Balaban J connectivity index is -0.000000565. The fourth-order valence-corrected chi connectivity index (χ4v) is 3.45. The van der Waals surface area contributed by atoms with Crippen LogP contribution in [0.4, 0.5) is 9.59 Å². The van der Waals surface area contributed by atoms with E-state index in [0.29, 0.717) is 52.4 Å². The Bertz CT molecular complexity index is 731. The smallest absolute Gasteiger partial charge is 1.00 e. The number of Topliss-reactive ketones (excluding diaryl/α,β-unsaturated/α-hetero) is 1. The molecule has 3 aliphatic rings. The van der Waals surface area contributed by atoms with E-state index in [2.05, 4.69) is 0 Å². The van der Waals surface area contributed by atoms with Gasteiger partial charge in [0, 0.05) is 45.8 Å². The first-order valence-electron chi connectivity index (χ1n) is 13.5. The fraction of sp³-hybridized carbons (Fsp3) is 0.857. The molecular formula is C28H53BrMgN2O9. The number of amides is 2. The number of aliphatic hydroxyl groups is 1. The Morgan fingerprint density at radius 3 is 1.71 bits per heavy atom. The van der Waals surface area contributed by atoms with Crippen molar-refractivity contribution in [2.45, 2.75) is 91.0 Å². The summed E-state index contributed by atoms with van der Waals surface area (Å²) in [5.41, 5.74) is -1.98. The van der Waals surface area contributed by atoms with Gasteiger partial charge in [-0.1, -0.05) is 0 Å². The van der Waals surface area contributed by atoms with Gasteiger partial charge in [-0.3, -0.25) is 9.69 Å². The molecule has 0 aromatic heterocycles. The van der Waals surface area contributed by atoms with E-state index in [-0.39, 0.29) is 66.3 Å². The predicted octanol–water partition coefficient (Wildman–Crippen LogP) is 0.478. The third kappa shape index (κ3) is 23.4. The van der Waals surface area contributed by atoms with Crippen molar-refractivity contribution in [3.63, 3.8) is 0 Å². The van der Waals surface area contributed by atoms with Gasteiger partial charge in [0.05, 0.1) is 38.5 Å². The minimum absolute atomic E-state index is 0. The van der Waals surface area contributed by atoms with Crippen molar-refractivity contribution in [1.29, 1.82) is 0 Å². The molecule has 41 heavy (non-hydrogen) atoms. The molecule has 3 heterocycles. The second kappa shape index (κ2) is 21.9. The van der Waals surface area contributed by atoms with Crippen LogP contribution in [0.25, 0.3) is 0 Å². The Labute approximate surface area is 274 Å². The molecule has 3 fully saturated rings. The quantitative estimate of drug-likeness (QED) is 0.291. The molecule has 11 nitrogen and oxygen atoms in total. The molecule has 0 radical (unpaired) electrons. The number of hydrogen-bond acceptors (Lipinski definition) is 9. The van der Waals surface area contributed by atoms with Gasteiger partial charge in [0.1, 0.15) is 11.2 Å². The molecular weight excluding hydrogens is 613 g/mol. The minimum atomic E-state index is -0.919. The average molecular weight is 666 g/mol. The fourth-order valence-electron chi connectivity index (χ4n) is 3.45. The largest absolute Gasteiger partial charge is 2.00 e. The van der Waals surface area contributed by atoms with Crippen LogP contribution in [0, 0.1) is 7.43 Å². The van der Waals surface area contributed by atoms with E-state index in [1.807, 2.05) is 20.8 Å². The summed E-state index contributed by atoms with van der Waals surface area (Å²) < 4.78 is 25.9. The van der Waals surface area contributed by atoms with Crippen LogP contribution in [0.1, 0.15) is 74.1 Å². The summed E-state index contributed by atoms with van der Waals surface area (Å²) in [5.74, 6) is 0.00515. The Morgan fingerprint density at radius 1 is 0.805 bits per heavy atom. The maximum atomic E-state index is 11.9. The number of halogens is 1. The van der Waals surface area contributed by atoms with Gasteiger partial charge in [0.25, 0.3) is 0 Å². The van der Waals surface area contributed by atoms with Crippen LogP contribution in [0.15, 0.2) is 0 Å². The summed E-state index contributed by atoms with van der Waals surface area (Å²) in [6.45, 7) is 17.7. The first-order valence-corrected chi connectivity index (χ1v) is 13.5. The van der Waals surface area contributed by atoms with Crippen LogP contribution in [-0.2, 0) is 28.5 Å². The van der Waals surface area contributed by atoms with Crippen molar-refractivity contribution in [3.05, 3.63) is 7.43 Å². The van der Waals surface area contributed by atoms with E-state index >= 15 is 0 Å². The van der Waals surface area contributed by atoms with Crippen LogP contribution in [-0.4, -0.2) is 139 Å². The molecule has 1 atom stereocenters. The van der Waals surface area contributed by atoms with Gasteiger partial charge in [0.15, 0.2) is 5.78 Å². The van der Waals surface area contributed by atoms with E-state index in [0.717, 1.165) is 13.2 Å². The third-order valence-corrected chi connectivity index (χ3v) is 5.35. The van der Waals surface area contributed by atoms with E-state index < -0.39 is 29.0 Å². The summed E-state index contributed by atoms with van der Waals surface area (Å²) in [6, 6.07) is 0. The zero-order valence-electron chi connectivity index (χ0n) is 26.6. The van der Waals surface area contributed by atoms with Crippen molar-refractivity contribution < 1.29 is 60.2 Å². The summed E-state index contributed by atoms with van der Waals surface area (Å²) >= 11 is 0. The summed E-state index contributed by atoms with van der Waals surface area (Å²) in [5, 5.41) is 10.1. The van der Waals surface area contributed by atoms with Crippen LogP contribution >= 0.6 is 0 Å². The molecule has 13 heteroatoms. The molecule has 1 N–H and O–H groups in total. The SMILES string of the molecule is C1CCOC1.CC(C)(C)OC(=O)N1CCOCCC(=O)C1.CC1(O)CCOCCN(C(=O)OC(C)(C)C)C1.[Br-].[CH3-].[Mg+2]. The molecule has 0 saturated carbocycles. The topological polar surface area (TPSA) is 124 Å². The van der Waals surface area contributed by atoms with Gasteiger partial charge in [0.2, 0.25) is 0 Å². The molecule has 3 rings (SSSR count). The second-order valence-electron chi connectivity index (χ2n) is 11.9. The molecule has 2 amide bonds. The molecule has 0 bridgehead atoms. The summed E-state index contributed by atoms with van der Waals surface area (Å²) in [6.07, 6.45) is 2.58. The maximum Gasteiger partial charge on any atom is 2.00 e. The molecule has 0 aromatic carbocycles. The second-order valence-corrected chi connectivity index (χ2v) is 11.9. The maximum absolute atomic E-state index is 11.9. The molecule has 0 aliphatic carbocycles. The van der Waals surface area contributed by atoms with Gasteiger partial charge >= 0.3 is 35.2 Å². The zero-order valence-corrected chi connectivity index (χ0v) is 29.6. The van der Waals surface area contributed by atoms with Crippen molar-refractivity contribution in [3.8, 4) is 0 Å². The standard InChI is InChI=1S/C12H23NO4.C11H19NO4.C4H8O.CH3.BrH.Mg/c1-11(2,3)17-10(14)13-6-8-16-7-5-12(4,15)9-13;1-11(2,3)16-10(14)12-5-7-15-6-4-9(13)8-12;1-2-4-5-3-1;;;/h15H,5-9H2,1-4H3;4-8H2,1-3H3;1-4H2;1H3;1H;/q;;;-1;;+2/p-1.